The van der Waals surface area contributed by atoms with Gasteiger partial charge in [-0.3, -0.25) is 10.1 Å². The minimum absolute atomic E-state index is 0.0101. The Bertz CT molecular complexity index is 793. The van der Waals surface area contributed by atoms with Gasteiger partial charge >= 0.3 is 12.3 Å². The number of anilines is 1. The van der Waals surface area contributed by atoms with Gasteiger partial charge < -0.3 is 9.64 Å². The number of nitriles is 1. The molecule has 0 saturated carbocycles. The van der Waals surface area contributed by atoms with E-state index >= 15 is 0 Å². The van der Waals surface area contributed by atoms with Crippen molar-refractivity contribution in [3.05, 3.63) is 57.8 Å². The van der Waals surface area contributed by atoms with Gasteiger partial charge in [-0.1, -0.05) is 12.1 Å². The van der Waals surface area contributed by atoms with Gasteiger partial charge in [-0.25, -0.2) is 4.98 Å². The number of hydrogen-bond acceptors (Lipinski definition) is 6. The predicted octanol–water partition coefficient (Wildman–Crippen LogP) is 3.10. The van der Waals surface area contributed by atoms with Gasteiger partial charge in [0.25, 0.3) is 0 Å². The molecule has 0 saturated heterocycles. The van der Waals surface area contributed by atoms with Crippen molar-refractivity contribution in [1.29, 1.82) is 5.26 Å². The SMILES string of the molecule is CN(Cc1cccc(OC(F)F)c1)c1nccc(C#N)c1[N+](=O)[O-]. The lowest BCUT2D eigenvalue weighted by molar-refractivity contribution is -0.384. The Morgan fingerprint density at radius 1 is 1.46 bits per heavy atom. The minimum atomic E-state index is -2.94. The standard InChI is InChI=1S/C15H12F2N4O3/c1-20(9-10-3-2-4-12(7-10)24-15(16)17)14-13(21(22)23)11(8-18)5-6-19-14/h2-7,15H,9H2,1H3. The predicted molar refractivity (Wildman–Crippen MR) is 80.8 cm³/mol. The Balaban J connectivity index is 2.29. The molecule has 0 radical (unpaired) electrons. The van der Waals surface area contributed by atoms with Crippen LogP contribution in [0.4, 0.5) is 20.3 Å². The van der Waals surface area contributed by atoms with E-state index in [1.54, 1.807) is 19.2 Å². The van der Waals surface area contributed by atoms with Crippen LogP contribution in [-0.4, -0.2) is 23.6 Å². The summed E-state index contributed by atoms with van der Waals surface area (Å²) in [5.74, 6) is 0.00312. The first kappa shape index (κ1) is 17.1. The average molecular weight is 334 g/mol. The highest BCUT2D eigenvalue weighted by atomic mass is 19.3. The molecule has 1 aromatic carbocycles. The van der Waals surface area contributed by atoms with E-state index in [1.807, 2.05) is 0 Å². The molecular formula is C15H12F2N4O3. The maximum absolute atomic E-state index is 12.3. The van der Waals surface area contributed by atoms with Crippen molar-refractivity contribution in [2.75, 3.05) is 11.9 Å². The molecule has 1 aromatic heterocycles. The lowest BCUT2D eigenvalue weighted by Crippen LogP contribution is -2.19. The molecule has 0 aliphatic rings. The van der Waals surface area contributed by atoms with Crippen LogP contribution >= 0.6 is 0 Å². The molecule has 0 aliphatic carbocycles. The van der Waals surface area contributed by atoms with Crippen LogP contribution in [0.25, 0.3) is 0 Å². The van der Waals surface area contributed by atoms with E-state index in [9.17, 15) is 18.9 Å². The van der Waals surface area contributed by atoms with Crippen LogP contribution < -0.4 is 9.64 Å². The number of rotatable bonds is 6. The average Bonchev–Trinajstić information content (AvgIpc) is 2.53. The summed E-state index contributed by atoms with van der Waals surface area (Å²) in [5, 5.41) is 20.2. The van der Waals surface area contributed by atoms with Crippen LogP contribution in [0.3, 0.4) is 0 Å². The summed E-state index contributed by atoms with van der Waals surface area (Å²) >= 11 is 0. The lowest BCUT2D eigenvalue weighted by atomic mass is 10.2. The largest absolute Gasteiger partial charge is 0.435 e. The second-order valence-electron chi connectivity index (χ2n) is 4.78. The molecule has 0 amide bonds. The molecule has 0 aliphatic heterocycles. The molecule has 9 heteroatoms. The van der Waals surface area contributed by atoms with Gasteiger partial charge in [0.1, 0.15) is 17.4 Å². The zero-order valence-corrected chi connectivity index (χ0v) is 12.5. The number of hydrogen-bond donors (Lipinski definition) is 0. The summed E-state index contributed by atoms with van der Waals surface area (Å²) in [6.07, 6.45) is 1.30. The summed E-state index contributed by atoms with van der Waals surface area (Å²) in [6, 6.07) is 9.00. The van der Waals surface area contributed by atoms with Crippen molar-refractivity contribution >= 4 is 11.5 Å². The fourth-order valence-corrected chi connectivity index (χ4v) is 2.16. The van der Waals surface area contributed by atoms with Gasteiger partial charge in [0.15, 0.2) is 0 Å². The highest BCUT2D eigenvalue weighted by molar-refractivity contribution is 5.65. The number of ether oxygens (including phenoxy) is 1. The van der Waals surface area contributed by atoms with Crippen LogP contribution in [0.15, 0.2) is 36.5 Å². The van der Waals surface area contributed by atoms with E-state index < -0.39 is 17.2 Å². The third-order valence-electron chi connectivity index (χ3n) is 3.11. The molecular weight excluding hydrogens is 322 g/mol. The van der Waals surface area contributed by atoms with Crippen LogP contribution in [0, 0.1) is 21.4 Å². The number of nitrogens with zero attached hydrogens (tertiary/aromatic N) is 4. The molecule has 0 fully saturated rings. The summed E-state index contributed by atoms with van der Waals surface area (Å²) in [5.41, 5.74) is 0.0863. The molecule has 0 bridgehead atoms. The fourth-order valence-electron chi connectivity index (χ4n) is 2.16. The van der Waals surface area contributed by atoms with Crippen molar-refractivity contribution < 1.29 is 18.4 Å². The number of pyridine rings is 1. The first-order chi connectivity index (χ1) is 11.4. The molecule has 7 nitrogen and oxygen atoms in total. The van der Waals surface area contributed by atoms with Crippen molar-refractivity contribution in [2.45, 2.75) is 13.2 Å². The van der Waals surface area contributed by atoms with Crippen molar-refractivity contribution in [3.8, 4) is 11.8 Å². The Morgan fingerprint density at radius 3 is 2.83 bits per heavy atom. The Morgan fingerprint density at radius 2 is 2.21 bits per heavy atom. The Kier molecular flexibility index (Phi) is 5.21. The summed E-state index contributed by atoms with van der Waals surface area (Å²) in [7, 11) is 1.55. The number of benzene rings is 1. The van der Waals surface area contributed by atoms with Gasteiger partial charge in [0.2, 0.25) is 5.82 Å². The molecule has 24 heavy (non-hydrogen) atoms. The van der Waals surface area contributed by atoms with Gasteiger partial charge in [-0.05, 0) is 23.8 Å². The van der Waals surface area contributed by atoms with E-state index in [0.717, 1.165) is 0 Å². The molecule has 1 heterocycles. The zero-order chi connectivity index (χ0) is 17.7. The number of aromatic nitrogens is 1. The first-order valence-corrected chi connectivity index (χ1v) is 6.70. The molecule has 2 aromatic rings. The second kappa shape index (κ2) is 7.32. The minimum Gasteiger partial charge on any atom is -0.435 e. The second-order valence-corrected chi connectivity index (χ2v) is 4.78. The van der Waals surface area contributed by atoms with E-state index in [1.165, 1.54) is 35.4 Å². The van der Waals surface area contributed by atoms with E-state index in [0.29, 0.717) is 5.56 Å². The van der Waals surface area contributed by atoms with Crippen molar-refractivity contribution in [1.82, 2.24) is 4.98 Å². The van der Waals surface area contributed by atoms with Gasteiger partial charge in [-0.2, -0.15) is 14.0 Å². The van der Waals surface area contributed by atoms with Crippen molar-refractivity contribution in [3.63, 3.8) is 0 Å². The Hall–Kier alpha value is -3.28. The van der Waals surface area contributed by atoms with E-state index in [4.69, 9.17) is 5.26 Å². The van der Waals surface area contributed by atoms with Gasteiger partial charge in [0.05, 0.1) is 4.92 Å². The van der Waals surface area contributed by atoms with Crippen LogP contribution in [-0.2, 0) is 6.54 Å². The van der Waals surface area contributed by atoms with E-state index in [-0.39, 0.29) is 23.7 Å². The number of halogens is 2. The summed E-state index contributed by atoms with van der Waals surface area (Å²) in [4.78, 5) is 16.0. The molecule has 0 atom stereocenters. The highest BCUT2D eigenvalue weighted by Gasteiger charge is 2.24. The molecule has 0 N–H and O–H groups in total. The molecule has 0 spiro atoms. The summed E-state index contributed by atoms with van der Waals surface area (Å²) < 4.78 is 28.8. The maximum Gasteiger partial charge on any atom is 0.387 e. The third kappa shape index (κ3) is 3.92. The van der Waals surface area contributed by atoms with Crippen LogP contribution in [0.1, 0.15) is 11.1 Å². The fraction of sp³-hybridized carbons (Fsp3) is 0.200. The summed E-state index contributed by atoms with van der Waals surface area (Å²) in [6.45, 7) is -2.78. The quantitative estimate of drug-likeness (QED) is 0.595. The number of nitro groups is 1. The zero-order valence-electron chi connectivity index (χ0n) is 12.5. The van der Waals surface area contributed by atoms with Crippen LogP contribution in [0.2, 0.25) is 0 Å². The highest BCUT2D eigenvalue weighted by Crippen LogP contribution is 2.29. The molecule has 0 unspecified atom stereocenters. The van der Waals surface area contributed by atoms with Crippen molar-refractivity contribution in [2.24, 2.45) is 0 Å². The van der Waals surface area contributed by atoms with Gasteiger partial charge in [0, 0.05) is 19.8 Å². The van der Waals surface area contributed by atoms with Crippen LogP contribution in [0.5, 0.6) is 5.75 Å². The van der Waals surface area contributed by atoms with Gasteiger partial charge in [-0.15, -0.1) is 0 Å². The topological polar surface area (TPSA) is 92.3 Å². The van der Waals surface area contributed by atoms with E-state index in [2.05, 4.69) is 9.72 Å². The number of alkyl halides is 2. The third-order valence-corrected chi connectivity index (χ3v) is 3.11. The smallest absolute Gasteiger partial charge is 0.387 e. The molecule has 2 rings (SSSR count). The normalized spacial score (nSPS) is 10.3. The first-order valence-electron chi connectivity index (χ1n) is 6.70. The maximum atomic E-state index is 12.3. The Labute approximate surface area is 135 Å². The monoisotopic (exact) mass is 334 g/mol. The molecule has 124 valence electrons. The lowest BCUT2D eigenvalue weighted by Gasteiger charge is -2.18.